The molecular weight excluding hydrogens is 186 g/mol. The van der Waals surface area contributed by atoms with Crippen LogP contribution in [0.15, 0.2) is 24.4 Å². The van der Waals surface area contributed by atoms with Gasteiger partial charge in [-0.25, -0.2) is 0 Å². The third kappa shape index (κ3) is 1.90. The Bertz CT molecular complexity index is 482. The van der Waals surface area contributed by atoms with Gasteiger partial charge in [0.2, 0.25) is 0 Å². The molecule has 0 bridgehead atoms. The van der Waals surface area contributed by atoms with Gasteiger partial charge in [0.1, 0.15) is 0 Å². The second kappa shape index (κ2) is 3.70. The van der Waals surface area contributed by atoms with E-state index in [1.807, 2.05) is 6.92 Å². The van der Waals surface area contributed by atoms with E-state index >= 15 is 0 Å². The van der Waals surface area contributed by atoms with E-state index in [1.54, 1.807) is 0 Å². The number of rotatable bonds is 2. The van der Waals surface area contributed by atoms with Crippen LogP contribution >= 0.6 is 0 Å². The minimum atomic E-state index is -0.274. The Morgan fingerprint density at radius 3 is 2.80 bits per heavy atom. The van der Waals surface area contributed by atoms with Crippen molar-refractivity contribution in [3.8, 4) is 0 Å². The third-order valence-electron chi connectivity index (χ3n) is 2.79. The van der Waals surface area contributed by atoms with Gasteiger partial charge in [0.25, 0.3) is 0 Å². The highest BCUT2D eigenvalue weighted by Crippen LogP contribution is 2.21. The Kier molecular flexibility index (Phi) is 2.53. The number of nitrogens with zero attached hydrogens (tertiary/aromatic N) is 1. The van der Waals surface area contributed by atoms with Gasteiger partial charge < -0.3 is 9.67 Å². The monoisotopic (exact) mass is 203 g/mol. The summed E-state index contributed by atoms with van der Waals surface area (Å²) in [6.07, 6.45) is 2.58. The number of aromatic nitrogens is 1. The van der Waals surface area contributed by atoms with Crippen molar-refractivity contribution in [3.05, 3.63) is 35.5 Å². The predicted octanol–water partition coefficient (Wildman–Crippen LogP) is 2.41. The molecule has 1 atom stereocenters. The van der Waals surface area contributed by atoms with Crippen LogP contribution in [0.1, 0.15) is 18.1 Å². The van der Waals surface area contributed by atoms with Crippen LogP contribution in [0, 0.1) is 6.92 Å². The molecule has 0 amide bonds. The van der Waals surface area contributed by atoms with Crippen LogP contribution in [0.3, 0.4) is 0 Å². The number of benzene rings is 1. The molecule has 0 radical (unpaired) electrons. The van der Waals surface area contributed by atoms with E-state index < -0.39 is 0 Å². The number of aryl methyl sites for hydroxylation is 2. The molecular formula is C13H17NO. The second-order valence-corrected chi connectivity index (χ2v) is 4.33. The van der Waals surface area contributed by atoms with E-state index in [0.717, 1.165) is 6.42 Å². The van der Waals surface area contributed by atoms with Crippen LogP contribution in [0.25, 0.3) is 10.9 Å². The van der Waals surface area contributed by atoms with E-state index in [2.05, 4.69) is 42.9 Å². The highest BCUT2D eigenvalue weighted by atomic mass is 16.3. The molecule has 1 heterocycles. The Balaban J connectivity index is 2.50. The van der Waals surface area contributed by atoms with Gasteiger partial charge in [0.05, 0.1) is 6.10 Å². The molecule has 0 aliphatic heterocycles. The van der Waals surface area contributed by atoms with Gasteiger partial charge in [-0.15, -0.1) is 0 Å². The Labute approximate surface area is 90.2 Å². The molecule has 1 aromatic heterocycles. The number of hydrogen-bond acceptors (Lipinski definition) is 1. The van der Waals surface area contributed by atoms with Crippen LogP contribution < -0.4 is 0 Å². The lowest BCUT2D eigenvalue weighted by Crippen LogP contribution is -2.03. The summed E-state index contributed by atoms with van der Waals surface area (Å²) in [4.78, 5) is 0. The Morgan fingerprint density at radius 1 is 1.40 bits per heavy atom. The molecule has 1 aromatic carbocycles. The summed E-state index contributed by atoms with van der Waals surface area (Å²) in [7, 11) is 2.06. The Hall–Kier alpha value is -1.28. The summed E-state index contributed by atoms with van der Waals surface area (Å²) in [5.41, 5.74) is 3.74. The zero-order chi connectivity index (χ0) is 11.0. The van der Waals surface area contributed by atoms with Crippen molar-refractivity contribution in [3.63, 3.8) is 0 Å². The van der Waals surface area contributed by atoms with Gasteiger partial charge >= 0.3 is 0 Å². The van der Waals surface area contributed by atoms with E-state index in [0.29, 0.717) is 0 Å². The van der Waals surface area contributed by atoms with Crippen LogP contribution in [0.2, 0.25) is 0 Å². The van der Waals surface area contributed by atoms with Crippen LogP contribution in [0.5, 0.6) is 0 Å². The molecule has 2 nitrogen and oxygen atoms in total. The molecule has 15 heavy (non-hydrogen) atoms. The molecule has 0 aliphatic carbocycles. The zero-order valence-electron chi connectivity index (χ0n) is 9.49. The summed E-state index contributed by atoms with van der Waals surface area (Å²) in [6, 6.07) is 6.40. The van der Waals surface area contributed by atoms with Gasteiger partial charge in [-0.2, -0.15) is 0 Å². The van der Waals surface area contributed by atoms with Crippen LogP contribution in [0.4, 0.5) is 0 Å². The fraction of sp³-hybridized carbons (Fsp3) is 0.385. The molecule has 0 fully saturated rings. The summed E-state index contributed by atoms with van der Waals surface area (Å²) < 4.78 is 2.14. The zero-order valence-corrected chi connectivity index (χ0v) is 9.49. The lowest BCUT2D eigenvalue weighted by atomic mass is 10.1. The number of hydrogen-bond donors (Lipinski definition) is 1. The molecule has 1 N–H and O–H groups in total. The average Bonchev–Trinajstić information content (AvgIpc) is 2.41. The van der Waals surface area contributed by atoms with Crippen LogP contribution in [-0.2, 0) is 13.5 Å². The van der Waals surface area contributed by atoms with Crippen molar-refractivity contribution >= 4 is 10.9 Å². The molecule has 2 aromatic rings. The Morgan fingerprint density at radius 2 is 2.13 bits per heavy atom. The maximum Gasteiger partial charge on any atom is 0.0552 e. The van der Waals surface area contributed by atoms with Crippen LogP contribution in [-0.4, -0.2) is 15.8 Å². The molecule has 2 heteroatoms. The minimum Gasteiger partial charge on any atom is -0.393 e. The predicted molar refractivity (Wildman–Crippen MR) is 63.0 cm³/mol. The van der Waals surface area contributed by atoms with Crippen molar-refractivity contribution in [2.45, 2.75) is 26.4 Å². The number of fused-ring (bicyclic) bond motifs is 1. The molecule has 80 valence electrons. The first-order valence-corrected chi connectivity index (χ1v) is 5.30. The molecule has 0 spiro atoms. The average molecular weight is 203 g/mol. The third-order valence-corrected chi connectivity index (χ3v) is 2.79. The number of aliphatic hydroxyl groups excluding tert-OH is 1. The van der Waals surface area contributed by atoms with E-state index in [9.17, 15) is 5.11 Å². The maximum absolute atomic E-state index is 9.35. The first kappa shape index (κ1) is 10.2. The fourth-order valence-electron chi connectivity index (χ4n) is 2.10. The molecule has 0 aliphatic rings. The minimum absolute atomic E-state index is 0.274. The lowest BCUT2D eigenvalue weighted by molar-refractivity contribution is 0.195. The lowest BCUT2D eigenvalue weighted by Gasteiger charge is -2.05. The molecule has 0 saturated heterocycles. The largest absolute Gasteiger partial charge is 0.393 e. The van der Waals surface area contributed by atoms with Gasteiger partial charge in [0, 0.05) is 24.1 Å². The summed E-state index contributed by atoms with van der Waals surface area (Å²) >= 11 is 0. The van der Waals surface area contributed by atoms with Gasteiger partial charge in [-0.1, -0.05) is 12.1 Å². The molecule has 0 saturated carbocycles. The highest BCUT2D eigenvalue weighted by molar-refractivity contribution is 5.84. The van der Waals surface area contributed by atoms with E-state index in [-0.39, 0.29) is 6.10 Å². The maximum atomic E-state index is 9.35. The van der Waals surface area contributed by atoms with Crippen molar-refractivity contribution in [1.82, 2.24) is 4.57 Å². The van der Waals surface area contributed by atoms with Crippen molar-refractivity contribution in [2.75, 3.05) is 0 Å². The molecule has 1 unspecified atom stereocenters. The van der Waals surface area contributed by atoms with Gasteiger partial charge in [0.15, 0.2) is 0 Å². The van der Waals surface area contributed by atoms with E-state index in [1.165, 1.54) is 22.0 Å². The quantitative estimate of drug-likeness (QED) is 0.796. The smallest absolute Gasteiger partial charge is 0.0552 e. The standard InChI is InChI=1S/C13H17NO/c1-9-8-14(3)13-7-11(6-10(2)15)4-5-12(9)13/h4-5,7-8,10,15H,6H2,1-3H3. The van der Waals surface area contributed by atoms with Crippen molar-refractivity contribution in [2.24, 2.45) is 7.05 Å². The topological polar surface area (TPSA) is 25.2 Å². The second-order valence-electron chi connectivity index (χ2n) is 4.33. The van der Waals surface area contributed by atoms with Gasteiger partial charge in [-0.3, -0.25) is 0 Å². The first-order valence-electron chi connectivity index (χ1n) is 5.30. The normalized spacial score (nSPS) is 13.3. The SMILES string of the molecule is Cc1cn(C)c2cc(CC(C)O)ccc12. The highest BCUT2D eigenvalue weighted by Gasteiger charge is 2.05. The van der Waals surface area contributed by atoms with Gasteiger partial charge in [-0.05, 0) is 37.5 Å². The number of aliphatic hydroxyl groups is 1. The van der Waals surface area contributed by atoms with Crippen molar-refractivity contribution < 1.29 is 5.11 Å². The van der Waals surface area contributed by atoms with Crippen molar-refractivity contribution in [1.29, 1.82) is 0 Å². The fourth-order valence-corrected chi connectivity index (χ4v) is 2.10. The van der Waals surface area contributed by atoms with E-state index in [4.69, 9.17) is 0 Å². The first-order chi connectivity index (χ1) is 7.08. The summed E-state index contributed by atoms with van der Waals surface area (Å²) in [5.74, 6) is 0. The summed E-state index contributed by atoms with van der Waals surface area (Å²) in [5, 5.41) is 10.6. The molecule has 2 rings (SSSR count). The summed E-state index contributed by atoms with van der Waals surface area (Å²) in [6.45, 7) is 3.94.